The van der Waals surface area contributed by atoms with Crippen LogP contribution >= 0.6 is 0 Å². The molecule has 6 heterocycles. The van der Waals surface area contributed by atoms with Gasteiger partial charge in [-0.15, -0.1) is 0 Å². The van der Waals surface area contributed by atoms with E-state index in [1.54, 1.807) is 0 Å². The second-order valence-corrected chi connectivity index (χ2v) is 17.6. The minimum atomic E-state index is -0.836. The Kier molecular flexibility index (Phi) is 7.10. The highest BCUT2D eigenvalue weighted by molar-refractivity contribution is 6.13. The average Bonchev–Trinajstić information content (AvgIpc) is 4.10. The van der Waals surface area contributed by atoms with Crippen LogP contribution in [-0.4, -0.2) is 23.7 Å². The van der Waals surface area contributed by atoms with Crippen molar-refractivity contribution in [1.29, 1.82) is 5.26 Å². The van der Waals surface area contributed by atoms with E-state index in [2.05, 4.69) is 190 Å². The SMILES string of the molecule is N#Cc1ccc2c(c1)c1cc(-n3c4ccccc4c4ccccc43)ccc1n2-c1ccc2c(c1)C1(c3ccccc3O2)c2cccnc2-c2ncc(-n3c4ccccc4c4ccccc43)cc21. The van der Waals surface area contributed by atoms with E-state index in [1.807, 2.05) is 36.7 Å². The maximum absolute atomic E-state index is 10.2. The number of benzene rings is 8. The fourth-order valence-corrected chi connectivity index (χ4v) is 11.7. The standard InChI is InChI=1S/C60H34N6O/c61-34-36-23-26-54-44(30-36)45-31-37(64-50-18-6-1-12-40(50)41-13-2-7-19-51(41)64)24-27-55(45)65(54)38-25-28-57-48(32-38)60(46-16-5-10-22-56(46)67-57)47-17-11-29-62-58(47)59-49(60)33-39(35-63-59)66-52-20-8-3-14-42(52)43-15-4-9-21-53(43)66/h1-33,35H. The summed E-state index contributed by atoms with van der Waals surface area (Å²) in [4.78, 5) is 10.4. The summed E-state index contributed by atoms with van der Waals surface area (Å²) in [6.45, 7) is 0. The van der Waals surface area contributed by atoms with E-state index in [4.69, 9.17) is 14.7 Å². The van der Waals surface area contributed by atoms with Crippen molar-refractivity contribution in [3.8, 4) is 46.0 Å². The minimum Gasteiger partial charge on any atom is -0.457 e. The van der Waals surface area contributed by atoms with Gasteiger partial charge in [0.15, 0.2) is 0 Å². The Morgan fingerprint density at radius 1 is 0.388 bits per heavy atom. The van der Waals surface area contributed by atoms with Gasteiger partial charge in [0.2, 0.25) is 0 Å². The molecule has 1 spiro atoms. The van der Waals surface area contributed by atoms with Crippen LogP contribution in [0.15, 0.2) is 207 Å². The Bertz CT molecular complexity index is 4250. The number of hydrogen-bond donors (Lipinski definition) is 0. The van der Waals surface area contributed by atoms with Crippen LogP contribution in [0.4, 0.5) is 0 Å². The third-order valence-electron chi connectivity index (χ3n) is 14.4. The van der Waals surface area contributed by atoms with Crippen LogP contribution in [0.5, 0.6) is 11.5 Å². The van der Waals surface area contributed by atoms with Gasteiger partial charge in [0, 0.05) is 66.6 Å². The first-order valence-corrected chi connectivity index (χ1v) is 22.5. The third kappa shape index (κ3) is 4.68. The molecule has 0 amide bonds. The van der Waals surface area contributed by atoms with Crippen LogP contribution in [0.25, 0.3) is 93.9 Å². The molecule has 1 atom stereocenters. The quantitative estimate of drug-likeness (QED) is 0.177. The molecule has 13 aromatic rings. The summed E-state index contributed by atoms with van der Waals surface area (Å²) in [5, 5.41) is 17.1. The topological polar surface area (TPSA) is 73.6 Å². The number of rotatable bonds is 3. The van der Waals surface area contributed by atoms with Gasteiger partial charge in [0.25, 0.3) is 0 Å². The van der Waals surface area contributed by atoms with Crippen molar-refractivity contribution in [3.05, 3.63) is 234 Å². The number of hydrogen-bond acceptors (Lipinski definition) is 4. The second kappa shape index (κ2) is 13.2. The van der Waals surface area contributed by atoms with E-state index in [0.717, 1.165) is 106 Å². The van der Waals surface area contributed by atoms with E-state index < -0.39 is 5.41 Å². The second-order valence-electron chi connectivity index (χ2n) is 17.6. The Balaban J connectivity index is 1.00. The molecule has 0 bridgehead atoms. The molecule has 0 saturated carbocycles. The zero-order valence-electron chi connectivity index (χ0n) is 35.7. The van der Waals surface area contributed by atoms with Crippen molar-refractivity contribution >= 4 is 65.4 Å². The van der Waals surface area contributed by atoms with E-state index in [1.165, 1.54) is 21.5 Å². The maximum atomic E-state index is 10.2. The largest absolute Gasteiger partial charge is 0.457 e. The fourth-order valence-electron chi connectivity index (χ4n) is 11.7. The number of nitriles is 1. The van der Waals surface area contributed by atoms with Crippen LogP contribution in [0.2, 0.25) is 0 Å². The van der Waals surface area contributed by atoms with Crippen molar-refractivity contribution < 1.29 is 4.74 Å². The van der Waals surface area contributed by atoms with Gasteiger partial charge in [-0.3, -0.25) is 9.97 Å². The van der Waals surface area contributed by atoms with Crippen molar-refractivity contribution in [2.45, 2.75) is 5.41 Å². The first kappa shape index (κ1) is 36.1. The molecule has 1 aliphatic heterocycles. The highest BCUT2D eigenvalue weighted by Gasteiger charge is 2.53. The number of para-hydroxylation sites is 5. The lowest BCUT2D eigenvalue weighted by molar-refractivity contribution is 0.436. The number of pyridine rings is 2. The number of aromatic nitrogens is 5. The van der Waals surface area contributed by atoms with Gasteiger partial charge >= 0.3 is 0 Å². The first-order valence-electron chi connectivity index (χ1n) is 22.5. The smallest absolute Gasteiger partial charge is 0.132 e. The van der Waals surface area contributed by atoms with E-state index >= 15 is 0 Å². The van der Waals surface area contributed by atoms with Crippen LogP contribution in [-0.2, 0) is 5.41 Å². The zero-order valence-corrected chi connectivity index (χ0v) is 35.7. The molecule has 0 saturated heterocycles. The van der Waals surface area contributed by atoms with Crippen molar-refractivity contribution in [2.24, 2.45) is 0 Å². The number of nitrogens with zero attached hydrogens (tertiary/aromatic N) is 6. The Morgan fingerprint density at radius 3 is 1.55 bits per heavy atom. The molecule has 0 fully saturated rings. The maximum Gasteiger partial charge on any atom is 0.132 e. The van der Waals surface area contributed by atoms with E-state index in [-0.39, 0.29) is 0 Å². The Morgan fingerprint density at radius 2 is 0.881 bits per heavy atom. The van der Waals surface area contributed by atoms with Crippen LogP contribution in [0, 0.1) is 11.3 Å². The minimum absolute atomic E-state index is 0.612. The molecule has 7 heteroatoms. The first-order chi connectivity index (χ1) is 33.2. The molecule has 0 radical (unpaired) electrons. The van der Waals surface area contributed by atoms with Gasteiger partial charge in [0.05, 0.1) is 73.4 Å². The average molecular weight is 855 g/mol. The van der Waals surface area contributed by atoms with Gasteiger partial charge in [-0.2, -0.15) is 5.26 Å². The molecule has 67 heavy (non-hydrogen) atoms. The molecule has 7 nitrogen and oxygen atoms in total. The van der Waals surface area contributed by atoms with Crippen molar-refractivity contribution in [2.75, 3.05) is 0 Å². The highest BCUT2D eigenvalue weighted by Crippen LogP contribution is 2.62. The lowest BCUT2D eigenvalue weighted by Crippen LogP contribution is -2.32. The molecule has 0 N–H and O–H groups in total. The summed E-state index contributed by atoms with van der Waals surface area (Å²) in [5.41, 5.74) is 15.2. The Labute approximate surface area is 383 Å². The van der Waals surface area contributed by atoms with Gasteiger partial charge in [-0.1, -0.05) is 97.1 Å². The highest BCUT2D eigenvalue weighted by atomic mass is 16.5. The Hall–Kier alpha value is -9.25. The van der Waals surface area contributed by atoms with Gasteiger partial charge in [-0.05, 0) is 103 Å². The molecular formula is C60H34N6O. The molecule has 310 valence electrons. The number of fused-ring (bicyclic) bond motifs is 18. The van der Waals surface area contributed by atoms with Crippen LogP contribution < -0.4 is 4.74 Å². The van der Waals surface area contributed by atoms with Crippen LogP contribution in [0.3, 0.4) is 0 Å². The third-order valence-corrected chi connectivity index (χ3v) is 14.4. The predicted molar refractivity (Wildman–Crippen MR) is 267 cm³/mol. The molecular weight excluding hydrogens is 821 g/mol. The van der Waals surface area contributed by atoms with E-state index in [9.17, 15) is 5.26 Å². The fraction of sp³-hybridized carbons (Fsp3) is 0.0167. The molecule has 15 rings (SSSR count). The number of ether oxygens (including phenoxy) is 1. The predicted octanol–water partition coefficient (Wildman–Crippen LogP) is 14.1. The van der Waals surface area contributed by atoms with Gasteiger partial charge in [-0.25, -0.2) is 0 Å². The summed E-state index contributed by atoms with van der Waals surface area (Å²) in [7, 11) is 0. The van der Waals surface area contributed by atoms with Crippen molar-refractivity contribution in [1.82, 2.24) is 23.7 Å². The lowest BCUT2D eigenvalue weighted by Gasteiger charge is -2.39. The lowest BCUT2D eigenvalue weighted by atomic mass is 9.66. The van der Waals surface area contributed by atoms with Crippen LogP contribution in [0.1, 0.15) is 27.8 Å². The molecule has 5 aromatic heterocycles. The summed E-state index contributed by atoms with van der Waals surface area (Å²) in [6.07, 6.45) is 3.87. The van der Waals surface area contributed by atoms with Gasteiger partial charge in [0.1, 0.15) is 11.5 Å². The zero-order chi connectivity index (χ0) is 44.0. The monoisotopic (exact) mass is 854 g/mol. The summed E-state index contributed by atoms with van der Waals surface area (Å²) < 4.78 is 13.9. The van der Waals surface area contributed by atoms with Crippen molar-refractivity contribution in [3.63, 3.8) is 0 Å². The summed E-state index contributed by atoms with van der Waals surface area (Å²) in [5.74, 6) is 1.57. The normalized spacial score (nSPS) is 14.7. The molecule has 1 unspecified atom stereocenters. The molecule has 1 aliphatic carbocycles. The molecule has 2 aliphatic rings. The summed E-state index contributed by atoms with van der Waals surface area (Å²) >= 11 is 0. The molecule has 8 aromatic carbocycles. The summed E-state index contributed by atoms with van der Waals surface area (Å²) in [6, 6.07) is 71.1. The van der Waals surface area contributed by atoms with E-state index in [0.29, 0.717) is 5.56 Å². The van der Waals surface area contributed by atoms with Gasteiger partial charge < -0.3 is 18.4 Å².